The van der Waals surface area contributed by atoms with Gasteiger partial charge in [-0.1, -0.05) is 37.6 Å². The molecule has 1 heterocycles. The first-order chi connectivity index (χ1) is 11.7. The molecule has 4 nitrogen and oxygen atoms in total. The fourth-order valence-electron chi connectivity index (χ4n) is 2.48. The van der Waals surface area contributed by atoms with Crippen molar-refractivity contribution in [3.8, 4) is 10.6 Å². The number of carbonyl (C=O) groups excluding carboxylic acids is 2. The van der Waals surface area contributed by atoms with Crippen LogP contribution in [0.2, 0.25) is 5.02 Å². The van der Waals surface area contributed by atoms with Crippen molar-refractivity contribution in [3.05, 3.63) is 39.9 Å². The Balaban J connectivity index is 2.09. The normalized spacial score (nSPS) is 11.6. The maximum absolute atomic E-state index is 12.4. The van der Waals surface area contributed by atoms with Gasteiger partial charge in [-0.2, -0.15) is 0 Å². The van der Waals surface area contributed by atoms with E-state index in [0.717, 1.165) is 21.1 Å². The molecule has 0 unspecified atom stereocenters. The number of Topliss-reactive ketones (excluding diaryl/α,β-unsaturated/α-hetero) is 2. The number of benzene rings is 1. The predicted octanol–water partition coefficient (Wildman–Crippen LogP) is 4.52. The third kappa shape index (κ3) is 5.21. The van der Waals surface area contributed by atoms with Crippen molar-refractivity contribution >= 4 is 34.5 Å². The largest absolute Gasteiger partial charge is 0.377 e. The Morgan fingerprint density at radius 3 is 2.48 bits per heavy atom. The van der Waals surface area contributed by atoms with E-state index in [1.165, 1.54) is 7.11 Å². The number of methoxy groups -OCH3 is 1. The fraction of sp³-hybridized carbons (Fsp3) is 0.421. The van der Waals surface area contributed by atoms with Gasteiger partial charge < -0.3 is 4.74 Å². The van der Waals surface area contributed by atoms with Crippen LogP contribution in [0.4, 0.5) is 0 Å². The number of rotatable bonds is 8. The minimum atomic E-state index is -0.726. The van der Waals surface area contributed by atoms with E-state index in [0.29, 0.717) is 5.02 Å². The maximum Gasteiger partial charge on any atom is 0.164 e. The number of thiazole rings is 1. The van der Waals surface area contributed by atoms with Crippen molar-refractivity contribution in [2.45, 2.75) is 33.6 Å². The van der Waals surface area contributed by atoms with Gasteiger partial charge in [-0.05, 0) is 19.1 Å². The highest BCUT2D eigenvalue weighted by molar-refractivity contribution is 7.15. The van der Waals surface area contributed by atoms with Gasteiger partial charge in [0, 0.05) is 40.8 Å². The summed E-state index contributed by atoms with van der Waals surface area (Å²) in [7, 11) is 1.48. The van der Waals surface area contributed by atoms with Crippen LogP contribution in [0, 0.1) is 12.3 Å². The van der Waals surface area contributed by atoms with E-state index in [1.807, 2.05) is 31.2 Å². The lowest BCUT2D eigenvalue weighted by Crippen LogP contribution is -2.31. The zero-order valence-corrected chi connectivity index (χ0v) is 16.5. The smallest absolute Gasteiger partial charge is 0.164 e. The van der Waals surface area contributed by atoms with Gasteiger partial charge in [0.2, 0.25) is 0 Å². The van der Waals surface area contributed by atoms with Crippen molar-refractivity contribution in [1.82, 2.24) is 4.98 Å². The van der Waals surface area contributed by atoms with E-state index in [-0.39, 0.29) is 31.0 Å². The van der Waals surface area contributed by atoms with Crippen LogP contribution in [-0.4, -0.2) is 30.3 Å². The van der Waals surface area contributed by atoms with E-state index in [4.69, 9.17) is 16.3 Å². The summed E-state index contributed by atoms with van der Waals surface area (Å²) in [6.07, 6.45) is 0.419. The maximum atomic E-state index is 12.4. The number of hydrogen-bond acceptors (Lipinski definition) is 5. The first-order valence-corrected chi connectivity index (χ1v) is 9.18. The third-order valence-corrected chi connectivity index (χ3v) is 5.33. The zero-order valence-electron chi connectivity index (χ0n) is 14.9. The van der Waals surface area contributed by atoms with Gasteiger partial charge in [-0.25, -0.2) is 4.98 Å². The first kappa shape index (κ1) is 19.8. The standard InChI is InChI=1S/C19H22ClNO3S/c1-12-16(9-15(22)10-19(2,3)17(23)11-24-4)21-18(25-12)13-5-7-14(20)8-6-13/h5-8H,9-11H2,1-4H3. The number of aromatic nitrogens is 1. The minimum Gasteiger partial charge on any atom is -0.377 e. The van der Waals surface area contributed by atoms with E-state index in [9.17, 15) is 9.59 Å². The number of nitrogens with zero attached hydrogens (tertiary/aromatic N) is 1. The van der Waals surface area contributed by atoms with Gasteiger partial charge in [-0.15, -0.1) is 11.3 Å². The molecule has 1 aromatic carbocycles. The topological polar surface area (TPSA) is 56.3 Å². The summed E-state index contributed by atoms with van der Waals surface area (Å²) < 4.78 is 4.89. The summed E-state index contributed by atoms with van der Waals surface area (Å²) in [4.78, 5) is 30.1. The zero-order chi connectivity index (χ0) is 18.6. The molecule has 0 aliphatic heterocycles. The minimum absolute atomic E-state index is 0.00510. The molecule has 0 spiro atoms. The Morgan fingerprint density at radius 1 is 1.24 bits per heavy atom. The molecule has 0 atom stereocenters. The molecule has 0 saturated heterocycles. The quantitative estimate of drug-likeness (QED) is 0.676. The summed E-state index contributed by atoms with van der Waals surface area (Å²) in [5.41, 5.74) is 1.03. The van der Waals surface area contributed by atoms with Crippen LogP contribution in [0.5, 0.6) is 0 Å². The predicted molar refractivity (Wildman–Crippen MR) is 101 cm³/mol. The Kier molecular flexibility index (Phi) is 6.49. The number of carbonyl (C=O) groups is 2. The lowest BCUT2D eigenvalue weighted by molar-refractivity contribution is -0.135. The van der Waals surface area contributed by atoms with Crippen LogP contribution in [0.25, 0.3) is 10.6 Å². The highest BCUT2D eigenvalue weighted by Crippen LogP contribution is 2.30. The second-order valence-electron chi connectivity index (χ2n) is 6.66. The molecule has 6 heteroatoms. The van der Waals surface area contributed by atoms with Crippen molar-refractivity contribution in [2.24, 2.45) is 5.41 Å². The van der Waals surface area contributed by atoms with Gasteiger partial charge in [0.25, 0.3) is 0 Å². The molecular formula is C19H22ClNO3S. The van der Waals surface area contributed by atoms with Crippen molar-refractivity contribution in [1.29, 1.82) is 0 Å². The molecule has 0 aliphatic carbocycles. The van der Waals surface area contributed by atoms with Gasteiger partial charge >= 0.3 is 0 Å². The molecule has 134 valence electrons. The SMILES string of the molecule is COCC(=O)C(C)(C)CC(=O)Cc1nc(-c2ccc(Cl)cc2)sc1C. The Bertz CT molecular complexity index is 765. The average molecular weight is 380 g/mol. The van der Waals surface area contributed by atoms with Crippen LogP contribution in [0.3, 0.4) is 0 Å². The summed E-state index contributed by atoms with van der Waals surface area (Å²) in [6.45, 7) is 5.54. The molecule has 2 aromatic rings. The van der Waals surface area contributed by atoms with Crippen LogP contribution in [-0.2, 0) is 20.7 Å². The monoisotopic (exact) mass is 379 g/mol. The van der Waals surface area contributed by atoms with Crippen LogP contribution < -0.4 is 0 Å². The second-order valence-corrected chi connectivity index (χ2v) is 8.30. The molecule has 0 radical (unpaired) electrons. The number of ketones is 2. The van der Waals surface area contributed by atoms with Crippen molar-refractivity contribution in [2.75, 3.05) is 13.7 Å². The van der Waals surface area contributed by atoms with Crippen molar-refractivity contribution in [3.63, 3.8) is 0 Å². The molecule has 1 aromatic heterocycles. The van der Waals surface area contributed by atoms with E-state index in [1.54, 1.807) is 25.2 Å². The number of ether oxygens (including phenoxy) is 1. The van der Waals surface area contributed by atoms with Crippen LogP contribution >= 0.6 is 22.9 Å². The third-order valence-electron chi connectivity index (χ3n) is 4.02. The number of hydrogen-bond donors (Lipinski definition) is 0. The lowest BCUT2D eigenvalue weighted by atomic mass is 9.82. The molecular weight excluding hydrogens is 358 g/mol. The van der Waals surface area contributed by atoms with E-state index >= 15 is 0 Å². The second kappa shape index (κ2) is 8.21. The van der Waals surface area contributed by atoms with Gasteiger partial charge in [0.15, 0.2) is 5.78 Å². The number of halogens is 1. The summed E-state index contributed by atoms with van der Waals surface area (Å²) >= 11 is 7.47. The highest BCUT2D eigenvalue weighted by atomic mass is 35.5. The Hall–Kier alpha value is -1.56. The number of aryl methyl sites for hydroxylation is 1. The Labute approximate surface area is 157 Å². The highest BCUT2D eigenvalue weighted by Gasteiger charge is 2.30. The van der Waals surface area contributed by atoms with Crippen LogP contribution in [0.15, 0.2) is 24.3 Å². The lowest BCUT2D eigenvalue weighted by Gasteiger charge is -2.21. The molecule has 0 aliphatic rings. The Morgan fingerprint density at radius 2 is 1.88 bits per heavy atom. The van der Waals surface area contributed by atoms with Gasteiger partial charge in [0.05, 0.1) is 5.69 Å². The molecule has 0 N–H and O–H groups in total. The summed E-state index contributed by atoms with van der Waals surface area (Å²) in [5, 5.41) is 1.54. The molecule has 0 amide bonds. The molecule has 0 saturated carbocycles. The van der Waals surface area contributed by atoms with E-state index < -0.39 is 5.41 Å². The first-order valence-electron chi connectivity index (χ1n) is 7.99. The van der Waals surface area contributed by atoms with Gasteiger partial charge in [0.1, 0.15) is 17.4 Å². The summed E-state index contributed by atoms with van der Waals surface area (Å²) in [5.74, 6) is -0.0642. The van der Waals surface area contributed by atoms with Gasteiger partial charge in [-0.3, -0.25) is 9.59 Å². The fourth-order valence-corrected chi connectivity index (χ4v) is 3.54. The average Bonchev–Trinajstić information content (AvgIpc) is 2.88. The molecule has 0 bridgehead atoms. The molecule has 0 fully saturated rings. The van der Waals surface area contributed by atoms with Crippen molar-refractivity contribution < 1.29 is 14.3 Å². The van der Waals surface area contributed by atoms with Crippen LogP contribution in [0.1, 0.15) is 30.8 Å². The van der Waals surface area contributed by atoms with E-state index in [2.05, 4.69) is 4.98 Å². The summed E-state index contributed by atoms with van der Waals surface area (Å²) in [6, 6.07) is 7.47. The molecule has 2 rings (SSSR count). The molecule has 25 heavy (non-hydrogen) atoms.